The molecule has 19 heavy (non-hydrogen) atoms. The summed E-state index contributed by atoms with van der Waals surface area (Å²) in [5, 5.41) is 0. The van der Waals surface area contributed by atoms with Gasteiger partial charge in [0, 0.05) is 23.9 Å². The minimum absolute atomic E-state index is 0. The Hall–Kier alpha value is -1.82. The average molecular weight is 361 g/mol. The number of hydrogen-bond donors (Lipinski definition) is 0. The van der Waals surface area contributed by atoms with Crippen molar-refractivity contribution in [2.45, 2.75) is 0 Å². The van der Waals surface area contributed by atoms with Gasteiger partial charge in [0.2, 0.25) is 0 Å². The van der Waals surface area contributed by atoms with Crippen LogP contribution in [0.2, 0.25) is 0 Å². The molecule has 0 saturated heterocycles. The van der Waals surface area contributed by atoms with Gasteiger partial charge in [-0.3, -0.25) is 0 Å². The van der Waals surface area contributed by atoms with Gasteiger partial charge in [0.1, 0.15) is 11.5 Å². The van der Waals surface area contributed by atoms with Gasteiger partial charge in [-0.2, -0.15) is 0 Å². The van der Waals surface area contributed by atoms with Gasteiger partial charge in [-0.1, -0.05) is 36.4 Å². The van der Waals surface area contributed by atoms with E-state index in [0.717, 1.165) is 0 Å². The quantitative estimate of drug-likeness (QED) is 0.355. The normalized spacial score (nSPS) is 9.05. The molecular formula is C14H10O4Sn. The van der Waals surface area contributed by atoms with E-state index in [1.165, 1.54) is 0 Å². The molecule has 0 aliphatic heterocycles. The predicted molar refractivity (Wildman–Crippen MR) is 69.9 cm³/mol. The van der Waals surface area contributed by atoms with Gasteiger partial charge in [0.05, 0.1) is 0 Å². The monoisotopic (exact) mass is 362 g/mol. The van der Waals surface area contributed by atoms with E-state index in [0.29, 0.717) is 11.5 Å². The van der Waals surface area contributed by atoms with Crippen molar-refractivity contribution in [3.63, 3.8) is 0 Å². The molecule has 0 bridgehead atoms. The summed E-state index contributed by atoms with van der Waals surface area (Å²) in [4.78, 5) is 22.8. The van der Waals surface area contributed by atoms with Crippen molar-refractivity contribution in [1.29, 1.82) is 0 Å². The number of hydrogen-bond acceptors (Lipinski definition) is 4. The van der Waals surface area contributed by atoms with Crippen LogP contribution in [0.4, 0.5) is 0 Å². The first-order chi connectivity index (χ1) is 8.75. The Kier molecular flexibility index (Phi) is 6.08. The summed E-state index contributed by atoms with van der Waals surface area (Å²) in [6, 6.07) is 16.7. The standard InChI is InChI=1S/C14H10O4.Sn/c15-13(17-11-7-3-1-4-8-11)14(16)18-12-9-5-2-6-10-12;/h1-10H;. The van der Waals surface area contributed by atoms with E-state index in [9.17, 15) is 9.59 Å². The van der Waals surface area contributed by atoms with Crippen molar-refractivity contribution in [2.24, 2.45) is 0 Å². The van der Waals surface area contributed by atoms with Crippen molar-refractivity contribution in [3.8, 4) is 11.5 Å². The molecule has 4 radical (unpaired) electrons. The summed E-state index contributed by atoms with van der Waals surface area (Å²) in [5.74, 6) is -1.50. The van der Waals surface area contributed by atoms with Crippen molar-refractivity contribution in [1.82, 2.24) is 0 Å². The first kappa shape index (κ1) is 15.2. The van der Waals surface area contributed by atoms with Crippen LogP contribution in [0.3, 0.4) is 0 Å². The maximum Gasteiger partial charge on any atom is 0.423 e. The van der Waals surface area contributed by atoms with Gasteiger partial charge in [-0.15, -0.1) is 0 Å². The van der Waals surface area contributed by atoms with Crippen LogP contribution in [-0.4, -0.2) is 35.8 Å². The Morgan fingerprint density at radius 2 is 0.947 bits per heavy atom. The predicted octanol–water partition coefficient (Wildman–Crippen LogP) is 1.82. The second-order valence-corrected chi connectivity index (χ2v) is 3.41. The molecule has 0 atom stereocenters. The summed E-state index contributed by atoms with van der Waals surface area (Å²) in [7, 11) is 0. The van der Waals surface area contributed by atoms with E-state index in [1.54, 1.807) is 60.7 Å². The van der Waals surface area contributed by atoms with E-state index >= 15 is 0 Å². The molecule has 2 aromatic carbocycles. The van der Waals surface area contributed by atoms with Crippen LogP contribution in [0.15, 0.2) is 60.7 Å². The second kappa shape index (κ2) is 7.58. The van der Waals surface area contributed by atoms with Crippen LogP contribution in [0.5, 0.6) is 11.5 Å². The number of carbonyl (C=O) groups excluding carboxylic acids is 2. The van der Waals surface area contributed by atoms with Gasteiger partial charge in [-0.25, -0.2) is 9.59 Å². The van der Waals surface area contributed by atoms with E-state index in [-0.39, 0.29) is 23.9 Å². The summed E-state index contributed by atoms with van der Waals surface area (Å²) >= 11 is 0. The molecule has 0 fully saturated rings. The maximum absolute atomic E-state index is 11.4. The molecule has 0 aromatic heterocycles. The minimum atomic E-state index is -1.05. The van der Waals surface area contributed by atoms with Crippen molar-refractivity contribution >= 4 is 35.8 Å². The van der Waals surface area contributed by atoms with Crippen LogP contribution < -0.4 is 9.47 Å². The van der Waals surface area contributed by atoms with Crippen molar-refractivity contribution in [3.05, 3.63) is 60.7 Å². The molecule has 2 aromatic rings. The molecule has 0 spiro atoms. The van der Waals surface area contributed by atoms with Gasteiger partial charge in [-0.05, 0) is 24.3 Å². The van der Waals surface area contributed by atoms with Gasteiger partial charge in [0.25, 0.3) is 0 Å². The minimum Gasteiger partial charge on any atom is -0.418 e. The topological polar surface area (TPSA) is 52.6 Å². The molecule has 0 N–H and O–H groups in total. The van der Waals surface area contributed by atoms with E-state index < -0.39 is 11.9 Å². The molecule has 0 aliphatic rings. The molecule has 0 saturated carbocycles. The van der Waals surface area contributed by atoms with Crippen molar-refractivity contribution in [2.75, 3.05) is 0 Å². The summed E-state index contributed by atoms with van der Waals surface area (Å²) in [6.07, 6.45) is 0. The van der Waals surface area contributed by atoms with Gasteiger partial charge in [0.15, 0.2) is 0 Å². The fourth-order valence-corrected chi connectivity index (χ4v) is 1.27. The number of para-hydroxylation sites is 2. The Morgan fingerprint density at radius 1 is 0.632 bits per heavy atom. The summed E-state index contributed by atoms with van der Waals surface area (Å²) in [6.45, 7) is 0. The number of rotatable bonds is 2. The molecule has 0 amide bonds. The SMILES string of the molecule is O=C(Oc1ccccc1)C(=O)Oc1ccccc1.[Sn]. The van der Waals surface area contributed by atoms with E-state index in [4.69, 9.17) is 9.47 Å². The summed E-state index contributed by atoms with van der Waals surface area (Å²) in [5.41, 5.74) is 0. The molecule has 94 valence electrons. The van der Waals surface area contributed by atoms with Crippen LogP contribution in [0.25, 0.3) is 0 Å². The zero-order chi connectivity index (χ0) is 12.8. The molecule has 4 nitrogen and oxygen atoms in total. The number of carbonyl (C=O) groups is 2. The van der Waals surface area contributed by atoms with E-state index in [1.807, 2.05) is 0 Å². The number of benzene rings is 2. The van der Waals surface area contributed by atoms with Gasteiger partial charge < -0.3 is 9.47 Å². The Balaban J connectivity index is 0.00000180. The number of esters is 2. The van der Waals surface area contributed by atoms with Gasteiger partial charge >= 0.3 is 11.9 Å². The fraction of sp³-hybridized carbons (Fsp3) is 0. The maximum atomic E-state index is 11.4. The van der Waals surface area contributed by atoms with Crippen LogP contribution in [0.1, 0.15) is 0 Å². The first-order valence-corrected chi connectivity index (χ1v) is 5.30. The van der Waals surface area contributed by atoms with Crippen LogP contribution >= 0.6 is 0 Å². The third-order valence-electron chi connectivity index (χ3n) is 2.07. The zero-order valence-corrected chi connectivity index (χ0v) is 12.8. The van der Waals surface area contributed by atoms with E-state index in [2.05, 4.69) is 0 Å². The Bertz CT molecular complexity index is 488. The molecule has 2 rings (SSSR count). The zero-order valence-electron chi connectivity index (χ0n) is 9.91. The molecule has 5 heteroatoms. The fourth-order valence-electron chi connectivity index (χ4n) is 1.27. The Labute approximate surface area is 127 Å². The smallest absolute Gasteiger partial charge is 0.418 e. The molecule has 0 aliphatic carbocycles. The third kappa shape index (κ3) is 4.75. The molecule has 0 unspecified atom stereocenters. The largest absolute Gasteiger partial charge is 0.423 e. The van der Waals surface area contributed by atoms with Crippen LogP contribution in [0, 0.1) is 0 Å². The number of ether oxygens (including phenoxy) is 2. The van der Waals surface area contributed by atoms with Crippen LogP contribution in [-0.2, 0) is 9.59 Å². The second-order valence-electron chi connectivity index (χ2n) is 3.41. The molecular weight excluding hydrogens is 351 g/mol. The summed E-state index contributed by atoms with van der Waals surface area (Å²) < 4.78 is 9.67. The average Bonchev–Trinajstić information content (AvgIpc) is 2.41. The molecule has 0 heterocycles. The Morgan fingerprint density at radius 3 is 1.26 bits per heavy atom. The third-order valence-corrected chi connectivity index (χ3v) is 2.07. The van der Waals surface area contributed by atoms with Crippen molar-refractivity contribution < 1.29 is 19.1 Å². The first-order valence-electron chi connectivity index (χ1n) is 5.30.